The topological polar surface area (TPSA) is 12.5 Å². The summed E-state index contributed by atoms with van der Waals surface area (Å²) in [7, 11) is 0. The molecule has 2 nitrogen and oxygen atoms in total. The van der Waals surface area contributed by atoms with Gasteiger partial charge in [0.05, 0.1) is 12.2 Å². The van der Waals surface area contributed by atoms with Crippen molar-refractivity contribution in [2.24, 2.45) is 5.92 Å². The van der Waals surface area contributed by atoms with Crippen LogP contribution in [0.5, 0.6) is 0 Å². The fourth-order valence-corrected chi connectivity index (χ4v) is 2.11. The van der Waals surface area contributed by atoms with E-state index in [9.17, 15) is 0 Å². The lowest BCUT2D eigenvalue weighted by atomic mass is 9.98. The average Bonchev–Trinajstić information content (AvgIpc) is 1.83. The lowest BCUT2D eigenvalue weighted by Crippen LogP contribution is -2.57. The standard InChI is InChI=1S/C9H17NO/c1-7(2)4-10-5-8-3-9(6-10)11-8/h7-9H,3-6H2,1-2H3. The van der Waals surface area contributed by atoms with Crippen LogP contribution in [-0.4, -0.2) is 36.7 Å². The van der Waals surface area contributed by atoms with E-state index in [4.69, 9.17) is 4.74 Å². The largest absolute Gasteiger partial charge is 0.372 e. The molecule has 3 fully saturated rings. The van der Waals surface area contributed by atoms with Crippen LogP contribution in [0.3, 0.4) is 0 Å². The number of fused-ring (bicyclic) bond motifs is 2. The van der Waals surface area contributed by atoms with Crippen molar-refractivity contribution in [1.82, 2.24) is 4.90 Å². The van der Waals surface area contributed by atoms with E-state index in [0.717, 1.165) is 5.92 Å². The maximum absolute atomic E-state index is 5.55. The van der Waals surface area contributed by atoms with Crippen molar-refractivity contribution in [2.75, 3.05) is 19.6 Å². The highest BCUT2D eigenvalue weighted by Gasteiger charge is 2.37. The van der Waals surface area contributed by atoms with Crippen LogP contribution in [0.1, 0.15) is 20.3 Å². The minimum atomic E-state index is 0.576. The predicted octanol–water partition coefficient (Wildman–Crippen LogP) is 1.12. The first-order valence-electron chi connectivity index (χ1n) is 4.62. The van der Waals surface area contributed by atoms with Gasteiger partial charge in [0, 0.05) is 26.1 Å². The Bertz CT molecular complexity index is 128. The van der Waals surface area contributed by atoms with Crippen LogP contribution in [0, 0.1) is 5.92 Å². The lowest BCUT2D eigenvalue weighted by molar-refractivity contribution is -0.181. The molecule has 2 bridgehead atoms. The Morgan fingerprint density at radius 2 is 1.91 bits per heavy atom. The molecule has 0 amide bonds. The van der Waals surface area contributed by atoms with E-state index in [2.05, 4.69) is 18.7 Å². The number of ether oxygens (including phenoxy) is 1. The van der Waals surface area contributed by atoms with Crippen molar-refractivity contribution >= 4 is 0 Å². The summed E-state index contributed by atoms with van der Waals surface area (Å²) in [6.07, 6.45) is 2.47. The summed E-state index contributed by atoms with van der Waals surface area (Å²) in [5.41, 5.74) is 0. The first-order valence-corrected chi connectivity index (χ1v) is 4.62. The van der Waals surface area contributed by atoms with Gasteiger partial charge < -0.3 is 4.74 Å². The monoisotopic (exact) mass is 155 g/mol. The van der Waals surface area contributed by atoms with E-state index in [1.165, 1.54) is 26.1 Å². The molecule has 0 radical (unpaired) electrons. The molecule has 0 saturated carbocycles. The SMILES string of the molecule is CC(C)CN1CC2CC(C1)O2. The third-order valence-electron chi connectivity index (χ3n) is 2.46. The molecular weight excluding hydrogens is 138 g/mol. The van der Waals surface area contributed by atoms with E-state index < -0.39 is 0 Å². The fraction of sp³-hybridized carbons (Fsp3) is 1.00. The second-order valence-electron chi connectivity index (χ2n) is 4.23. The van der Waals surface area contributed by atoms with Crippen LogP contribution in [-0.2, 0) is 4.74 Å². The minimum absolute atomic E-state index is 0.576. The zero-order valence-electron chi connectivity index (χ0n) is 7.42. The molecule has 2 unspecified atom stereocenters. The summed E-state index contributed by atoms with van der Waals surface area (Å²) >= 11 is 0. The molecule has 3 aliphatic rings. The van der Waals surface area contributed by atoms with E-state index in [0.29, 0.717) is 12.2 Å². The maximum Gasteiger partial charge on any atom is 0.0731 e. The predicted molar refractivity (Wildman–Crippen MR) is 44.6 cm³/mol. The molecule has 2 heteroatoms. The summed E-state index contributed by atoms with van der Waals surface area (Å²) in [5, 5.41) is 0. The molecule has 0 aliphatic carbocycles. The maximum atomic E-state index is 5.55. The van der Waals surface area contributed by atoms with Gasteiger partial charge in [-0.1, -0.05) is 13.8 Å². The van der Waals surface area contributed by atoms with Crippen LogP contribution in [0.15, 0.2) is 0 Å². The van der Waals surface area contributed by atoms with Crippen molar-refractivity contribution < 1.29 is 4.74 Å². The van der Waals surface area contributed by atoms with Crippen LogP contribution < -0.4 is 0 Å². The smallest absolute Gasteiger partial charge is 0.0731 e. The van der Waals surface area contributed by atoms with Crippen molar-refractivity contribution in [2.45, 2.75) is 32.5 Å². The second-order valence-corrected chi connectivity index (χ2v) is 4.23. The highest BCUT2D eigenvalue weighted by atomic mass is 16.5. The number of hydrogen-bond acceptors (Lipinski definition) is 2. The Morgan fingerprint density at radius 3 is 2.36 bits per heavy atom. The Kier molecular flexibility index (Phi) is 1.90. The molecule has 3 saturated heterocycles. The number of rotatable bonds is 2. The van der Waals surface area contributed by atoms with Gasteiger partial charge in [0.1, 0.15) is 0 Å². The number of piperidine rings is 1. The number of nitrogens with zero attached hydrogens (tertiary/aromatic N) is 1. The molecule has 3 aliphatic heterocycles. The summed E-state index contributed by atoms with van der Waals surface area (Å²) in [6, 6.07) is 0. The molecule has 0 aromatic carbocycles. The average molecular weight is 155 g/mol. The molecule has 0 aromatic rings. The van der Waals surface area contributed by atoms with E-state index in [1.54, 1.807) is 0 Å². The number of hydrogen-bond donors (Lipinski definition) is 0. The van der Waals surface area contributed by atoms with Gasteiger partial charge in [0.15, 0.2) is 0 Å². The van der Waals surface area contributed by atoms with Crippen molar-refractivity contribution in [3.8, 4) is 0 Å². The third-order valence-corrected chi connectivity index (χ3v) is 2.46. The van der Waals surface area contributed by atoms with E-state index in [1.807, 2.05) is 0 Å². The summed E-state index contributed by atoms with van der Waals surface area (Å²) in [4.78, 5) is 2.53. The Labute approximate surface area is 68.5 Å². The van der Waals surface area contributed by atoms with Crippen molar-refractivity contribution in [3.05, 3.63) is 0 Å². The molecule has 0 aromatic heterocycles. The molecule has 64 valence electrons. The highest BCUT2D eigenvalue weighted by Crippen LogP contribution is 2.27. The fourth-order valence-electron chi connectivity index (χ4n) is 2.11. The number of morpholine rings is 1. The van der Waals surface area contributed by atoms with Crippen LogP contribution in [0.4, 0.5) is 0 Å². The van der Waals surface area contributed by atoms with Gasteiger partial charge in [-0.3, -0.25) is 4.90 Å². The first-order chi connectivity index (χ1) is 5.24. The zero-order chi connectivity index (χ0) is 7.84. The van der Waals surface area contributed by atoms with Crippen LogP contribution >= 0.6 is 0 Å². The van der Waals surface area contributed by atoms with Gasteiger partial charge >= 0.3 is 0 Å². The third kappa shape index (κ3) is 1.57. The molecule has 3 heterocycles. The normalized spacial score (nSPS) is 37.4. The molecular formula is C9H17NO. The second kappa shape index (κ2) is 2.76. The Balaban J connectivity index is 1.79. The van der Waals surface area contributed by atoms with Gasteiger partial charge in [-0.25, -0.2) is 0 Å². The minimum Gasteiger partial charge on any atom is -0.372 e. The summed E-state index contributed by atoms with van der Waals surface area (Å²) in [6.45, 7) is 8.15. The molecule has 2 atom stereocenters. The van der Waals surface area contributed by atoms with Gasteiger partial charge in [-0.05, 0) is 5.92 Å². The molecule has 0 spiro atoms. The Hall–Kier alpha value is -0.0800. The van der Waals surface area contributed by atoms with Gasteiger partial charge in [-0.15, -0.1) is 0 Å². The molecule has 3 rings (SSSR count). The molecule has 0 N–H and O–H groups in total. The van der Waals surface area contributed by atoms with Crippen LogP contribution in [0.2, 0.25) is 0 Å². The van der Waals surface area contributed by atoms with E-state index in [-0.39, 0.29) is 0 Å². The van der Waals surface area contributed by atoms with Gasteiger partial charge in [0.2, 0.25) is 0 Å². The van der Waals surface area contributed by atoms with Gasteiger partial charge in [0.25, 0.3) is 0 Å². The van der Waals surface area contributed by atoms with Crippen molar-refractivity contribution in [3.63, 3.8) is 0 Å². The summed E-state index contributed by atoms with van der Waals surface area (Å²) < 4.78 is 5.55. The zero-order valence-corrected chi connectivity index (χ0v) is 7.42. The van der Waals surface area contributed by atoms with Gasteiger partial charge in [-0.2, -0.15) is 0 Å². The summed E-state index contributed by atoms with van der Waals surface area (Å²) in [5.74, 6) is 0.799. The highest BCUT2D eigenvalue weighted by molar-refractivity contribution is 4.88. The quantitative estimate of drug-likeness (QED) is 0.592. The molecule has 11 heavy (non-hydrogen) atoms. The first kappa shape index (κ1) is 7.56. The van der Waals surface area contributed by atoms with Crippen LogP contribution in [0.25, 0.3) is 0 Å². The Morgan fingerprint density at radius 1 is 1.36 bits per heavy atom. The van der Waals surface area contributed by atoms with Crippen molar-refractivity contribution in [1.29, 1.82) is 0 Å². The lowest BCUT2D eigenvalue weighted by Gasteiger charge is -2.47. The van der Waals surface area contributed by atoms with E-state index >= 15 is 0 Å².